The van der Waals surface area contributed by atoms with E-state index in [2.05, 4.69) is 0 Å². The summed E-state index contributed by atoms with van der Waals surface area (Å²) in [7, 11) is -3.78. The summed E-state index contributed by atoms with van der Waals surface area (Å²) < 4.78 is 40.8. The molecule has 1 atom stereocenters. The smallest absolute Gasteiger partial charge is 0.243 e. The molecule has 2 N–H and O–H groups in total. The van der Waals surface area contributed by atoms with Crippen molar-refractivity contribution in [2.24, 2.45) is 5.73 Å². The fourth-order valence-electron chi connectivity index (χ4n) is 2.28. The highest BCUT2D eigenvalue weighted by Crippen LogP contribution is 2.29. The number of rotatable bonds is 7. The minimum atomic E-state index is -3.78. The Morgan fingerprint density at radius 1 is 1.33 bits per heavy atom. The summed E-state index contributed by atoms with van der Waals surface area (Å²) in [6, 6.07) is 3.83. The van der Waals surface area contributed by atoms with Crippen LogP contribution in [0.4, 0.5) is 4.39 Å². The second-order valence-electron chi connectivity index (χ2n) is 5.54. The van der Waals surface area contributed by atoms with Crippen molar-refractivity contribution in [3.8, 4) is 0 Å². The minimum Gasteiger partial charge on any atom is -0.329 e. The lowest BCUT2D eigenvalue weighted by molar-refractivity contribution is 0.206. The van der Waals surface area contributed by atoms with Crippen molar-refractivity contribution in [3.63, 3.8) is 0 Å². The van der Waals surface area contributed by atoms with Crippen molar-refractivity contribution in [1.82, 2.24) is 4.31 Å². The van der Waals surface area contributed by atoms with Crippen LogP contribution in [0.25, 0.3) is 0 Å². The largest absolute Gasteiger partial charge is 0.329 e. The number of nitrogens with zero attached hydrogens (tertiary/aromatic N) is 1. The first kappa shape index (κ1) is 18.1. The first-order chi connectivity index (χ1) is 9.72. The van der Waals surface area contributed by atoms with E-state index in [0.717, 1.165) is 6.07 Å². The summed E-state index contributed by atoms with van der Waals surface area (Å²) in [5.41, 5.74) is 5.67. The van der Waals surface area contributed by atoms with Gasteiger partial charge in [0, 0.05) is 18.6 Å². The molecule has 0 amide bonds. The molecule has 0 fully saturated rings. The molecule has 4 nitrogen and oxygen atoms in total. The summed E-state index contributed by atoms with van der Waals surface area (Å²) in [6.07, 6.45) is 1.26. The summed E-state index contributed by atoms with van der Waals surface area (Å²) in [4.78, 5) is 0.0177. The van der Waals surface area contributed by atoms with Gasteiger partial charge >= 0.3 is 0 Å². The predicted molar refractivity (Wildman–Crippen MR) is 83.1 cm³/mol. The van der Waals surface area contributed by atoms with Gasteiger partial charge in [0.2, 0.25) is 10.0 Å². The molecule has 0 saturated carbocycles. The molecule has 0 saturated heterocycles. The molecule has 1 aromatic rings. The highest BCUT2D eigenvalue weighted by atomic mass is 32.2. The lowest BCUT2D eigenvalue weighted by atomic mass is 9.99. The highest BCUT2D eigenvalue weighted by Gasteiger charge is 2.38. The lowest BCUT2D eigenvalue weighted by Gasteiger charge is -2.39. The highest BCUT2D eigenvalue weighted by molar-refractivity contribution is 7.89. The average Bonchev–Trinajstić information content (AvgIpc) is 2.46. The van der Waals surface area contributed by atoms with Crippen LogP contribution in [0.2, 0.25) is 0 Å². The maximum absolute atomic E-state index is 13.5. The number of hydrogen-bond acceptors (Lipinski definition) is 3. The van der Waals surface area contributed by atoms with Crippen molar-refractivity contribution in [2.45, 2.75) is 51.0 Å². The molecule has 0 heterocycles. The molecule has 120 valence electrons. The van der Waals surface area contributed by atoms with Crippen LogP contribution in [0.5, 0.6) is 0 Å². The van der Waals surface area contributed by atoms with Gasteiger partial charge in [0.15, 0.2) is 0 Å². The third kappa shape index (κ3) is 3.62. The zero-order valence-electron chi connectivity index (χ0n) is 13.2. The fourth-order valence-corrected chi connectivity index (χ4v) is 4.46. The van der Waals surface area contributed by atoms with Crippen LogP contribution in [0.1, 0.15) is 39.2 Å². The molecule has 21 heavy (non-hydrogen) atoms. The lowest BCUT2D eigenvalue weighted by Crippen LogP contribution is -2.54. The molecule has 0 aliphatic heterocycles. The Hall–Kier alpha value is -0.980. The molecule has 1 rings (SSSR count). The molecule has 0 bridgehead atoms. The fraction of sp³-hybridized carbons (Fsp3) is 0.600. The number of aryl methyl sites for hydroxylation is 1. The maximum Gasteiger partial charge on any atom is 0.243 e. The van der Waals surface area contributed by atoms with Gasteiger partial charge in [-0.2, -0.15) is 4.31 Å². The van der Waals surface area contributed by atoms with Crippen LogP contribution < -0.4 is 5.73 Å². The second-order valence-corrected chi connectivity index (χ2v) is 7.37. The Morgan fingerprint density at radius 3 is 2.43 bits per heavy atom. The van der Waals surface area contributed by atoms with Crippen LogP contribution in [0.15, 0.2) is 23.1 Å². The van der Waals surface area contributed by atoms with Crippen molar-refractivity contribution in [3.05, 3.63) is 29.6 Å². The summed E-state index contributed by atoms with van der Waals surface area (Å²) in [5, 5.41) is 0. The number of sulfonamides is 1. The molecule has 0 aromatic heterocycles. The Bertz CT molecular complexity index is 583. The van der Waals surface area contributed by atoms with E-state index in [1.807, 2.05) is 20.8 Å². The number of nitrogens with two attached hydrogens (primary N) is 1. The molecule has 0 aliphatic carbocycles. The van der Waals surface area contributed by atoms with Crippen molar-refractivity contribution in [2.75, 3.05) is 13.1 Å². The molecule has 0 radical (unpaired) electrons. The van der Waals surface area contributed by atoms with Gasteiger partial charge in [0.25, 0.3) is 0 Å². The topological polar surface area (TPSA) is 63.4 Å². The van der Waals surface area contributed by atoms with Gasteiger partial charge in [-0.05, 0) is 44.4 Å². The number of benzene rings is 1. The SMILES string of the molecule is CCCN(C(C)(CC)CN)S(=O)(=O)c1cc(F)ccc1C. The Morgan fingerprint density at radius 2 is 1.95 bits per heavy atom. The zero-order valence-corrected chi connectivity index (χ0v) is 14.0. The van der Waals surface area contributed by atoms with E-state index >= 15 is 0 Å². The van der Waals surface area contributed by atoms with E-state index in [4.69, 9.17) is 5.73 Å². The second kappa shape index (κ2) is 6.85. The van der Waals surface area contributed by atoms with Gasteiger partial charge in [-0.25, -0.2) is 12.8 Å². The number of halogens is 1. The van der Waals surface area contributed by atoms with Gasteiger partial charge in [0.1, 0.15) is 5.82 Å². The Balaban J connectivity index is 3.45. The zero-order chi connectivity index (χ0) is 16.3. The molecule has 0 aliphatic rings. The van der Waals surface area contributed by atoms with Gasteiger partial charge in [-0.1, -0.05) is 19.9 Å². The van der Waals surface area contributed by atoms with Crippen LogP contribution in [0.3, 0.4) is 0 Å². The standard InChI is InChI=1S/C15H25FN2O2S/c1-5-9-18(15(4,6-2)11-17)21(19,20)14-10-13(16)8-7-12(14)3/h7-8,10H,5-6,9,11,17H2,1-4H3. The summed E-state index contributed by atoms with van der Waals surface area (Å²) >= 11 is 0. The predicted octanol–water partition coefficient (Wildman–Crippen LogP) is 2.66. The van der Waals surface area contributed by atoms with E-state index in [-0.39, 0.29) is 11.4 Å². The van der Waals surface area contributed by atoms with E-state index in [9.17, 15) is 12.8 Å². The van der Waals surface area contributed by atoms with Crippen molar-refractivity contribution >= 4 is 10.0 Å². The molecule has 6 heteroatoms. The maximum atomic E-state index is 13.5. The first-order valence-electron chi connectivity index (χ1n) is 7.22. The van der Waals surface area contributed by atoms with E-state index in [0.29, 0.717) is 24.9 Å². The van der Waals surface area contributed by atoms with Crippen LogP contribution in [-0.4, -0.2) is 31.4 Å². The van der Waals surface area contributed by atoms with Crippen LogP contribution in [0, 0.1) is 12.7 Å². The third-order valence-corrected chi connectivity index (χ3v) is 6.15. The van der Waals surface area contributed by atoms with Gasteiger partial charge in [-0.3, -0.25) is 0 Å². The minimum absolute atomic E-state index is 0.0177. The summed E-state index contributed by atoms with van der Waals surface area (Å²) in [5.74, 6) is -0.554. The van der Waals surface area contributed by atoms with Crippen LogP contribution >= 0.6 is 0 Å². The van der Waals surface area contributed by atoms with E-state index in [1.165, 1.54) is 16.4 Å². The first-order valence-corrected chi connectivity index (χ1v) is 8.66. The monoisotopic (exact) mass is 316 g/mol. The average molecular weight is 316 g/mol. The Kier molecular flexibility index (Phi) is 5.90. The molecular weight excluding hydrogens is 291 g/mol. The molecule has 1 aromatic carbocycles. The van der Waals surface area contributed by atoms with E-state index in [1.54, 1.807) is 6.92 Å². The van der Waals surface area contributed by atoms with Gasteiger partial charge < -0.3 is 5.73 Å². The summed E-state index contributed by atoms with van der Waals surface area (Å²) in [6.45, 7) is 7.89. The normalized spacial score (nSPS) is 15.2. The third-order valence-electron chi connectivity index (χ3n) is 3.95. The quantitative estimate of drug-likeness (QED) is 0.841. The van der Waals surface area contributed by atoms with Gasteiger partial charge in [0.05, 0.1) is 4.90 Å². The van der Waals surface area contributed by atoms with Crippen molar-refractivity contribution < 1.29 is 12.8 Å². The van der Waals surface area contributed by atoms with Crippen LogP contribution in [-0.2, 0) is 10.0 Å². The molecule has 1 unspecified atom stereocenters. The number of hydrogen-bond donors (Lipinski definition) is 1. The van der Waals surface area contributed by atoms with Gasteiger partial charge in [-0.15, -0.1) is 0 Å². The molecular formula is C15H25FN2O2S. The molecule has 0 spiro atoms. The van der Waals surface area contributed by atoms with E-state index < -0.39 is 21.4 Å². The van der Waals surface area contributed by atoms with Crippen molar-refractivity contribution in [1.29, 1.82) is 0 Å². The Labute approximate surface area is 127 Å².